The molecule has 1 aliphatic heterocycles. The molecule has 0 aromatic heterocycles. The van der Waals surface area contributed by atoms with Crippen LogP contribution in [0, 0.1) is 3.57 Å². The fraction of sp³-hybridized carbons (Fsp3) is 0.462. The molecule has 1 N–H and O–H groups in total. The van der Waals surface area contributed by atoms with Crippen LogP contribution in [0.2, 0.25) is 5.02 Å². The second-order valence-corrected chi connectivity index (χ2v) is 6.26. The molecule has 98 valence electrons. The van der Waals surface area contributed by atoms with Gasteiger partial charge in [-0.3, -0.25) is 4.79 Å². The number of carbonyl (C=O) groups excluding carboxylic acids is 1. The highest BCUT2D eigenvalue weighted by Crippen LogP contribution is 2.22. The molecule has 5 heteroatoms. The molecule has 2 rings (SSSR count). The van der Waals surface area contributed by atoms with Crippen LogP contribution < -0.4 is 5.32 Å². The lowest BCUT2D eigenvalue weighted by Crippen LogP contribution is -2.57. The van der Waals surface area contributed by atoms with Gasteiger partial charge in [-0.2, -0.15) is 0 Å². The highest BCUT2D eigenvalue weighted by molar-refractivity contribution is 14.1. The molecular formula is C13H16ClIN2O. The quantitative estimate of drug-likeness (QED) is 0.762. The van der Waals surface area contributed by atoms with Gasteiger partial charge in [-0.1, -0.05) is 11.6 Å². The van der Waals surface area contributed by atoms with E-state index in [4.69, 9.17) is 11.6 Å². The molecule has 1 aromatic carbocycles. The third-order valence-corrected chi connectivity index (χ3v) is 4.44. The first-order valence-corrected chi connectivity index (χ1v) is 7.46. The molecule has 18 heavy (non-hydrogen) atoms. The van der Waals surface area contributed by atoms with E-state index in [9.17, 15) is 4.79 Å². The van der Waals surface area contributed by atoms with Crippen molar-refractivity contribution >= 4 is 40.1 Å². The standard InChI is InChI=1S/C13H16ClIN2O/c1-8-9(2)17(6-5-16-8)13(18)11-4-3-10(15)7-12(11)14/h3-4,7-9,16H,5-6H2,1-2H3. The van der Waals surface area contributed by atoms with Crippen molar-refractivity contribution in [3.63, 3.8) is 0 Å². The normalized spacial score (nSPS) is 24.1. The Hall–Kier alpha value is -0.330. The van der Waals surface area contributed by atoms with E-state index >= 15 is 0 Å². The van der Waals surface area contributed by atoms with Crippen LogP contribution in [0.5, 0.6) is 0 Å². The summed E-state index contributed by atoms with van der Waals surface area (Å²) in [7, 11) is 0. The van der Waals surface area contributed by atoms with Crippen LogP contribution >= 0.6 is 34.2 Å². The third kappa shape index (κ3) is 2.81. The predicted molar refractivity (Wildman–Crippen MR) is 82.1 cm³/mol. The van der Waals surface area contributed by atoms with Crippen molar-refractivity contribution in [1.29, 1.82) is 0 Å². The highest BCUT2D eigenvalue weighted by Gasteiger charge is 2.29. The molecule has 0 saturated carbocycles. The molecule has 1 aromatic rings. The fourth-order valence-electron chi connectivity index (χ4n) is 2.16. The largest absolute Gasteiger partial charge is 0.333 e. The van der Waals surface area contributed by atoms with Crippen molar-refractivity contribution in [1.82, 2.24) is 10.2 Å². The second-order valence-electron chi connectivity index (χ2n) is 4.61. The monoisotopic (exact) mass is 378 g/mol. The lowest BCUT2D eigenvalue weighted by Gasteiger charge is -2.38. The Balaban J connectivity index is 2.25. The molecule has 1 amide bonds. The molecule has 1 fully saturated rings. The number of amides is 1. The molecule has 2 atom stereocenters. The number of hydrogen-bond acceptors (Lipinski definition) is 2. The first kappa shape index (κ1) is 14.1. The van der Waals surface area contributed by atoms with Crippen molar-refractivity contribution in [3.8, 4) is 0 Å². The summed E-state index contributed by atoms with van der Waals surface area (Å²) in [5.41, 5.74) is 0.595. The predicted octanol–water partition coefficient (Wildman–Crippen LogP) is 2.77. The SMILES string of the molecule is CC1NCCN(C(=O)c2ccc(I)cc2Cl)C1C. The first-order valence-electron chi connectivity index (χ1n) is 6.00. The Morgan fingerprint density at radius 3 is 2.89 bits per heavy atom. The van der Waals surface area contributed by atoms with Crippen LogP contribution in [0.1, 0.15) is 24.2 Å². The van der Waals surface area contributed by atoms with Crippen molar-refractivity contribution in [2.75, 3.05) is 13.1 Å². The summed E-state index contributed by atoms with van der Waals surface area (Å²) in [5, 5.41) is 3.90. The lowest BCUT2D eigenvalue weighted by molar-refractivity contribution is 0.0603. The minimum absolute atomic E-state index is 0.0252. The van der Waals surface area contributed by atoms with Crippen LogP contribution in [0.15, 0.2) is 18.2 Å². The average Bonchev–Trinajstić information content (AvgIpc) is 2.32. The van der Waals surface area contributed by atoms with Gasteiger partial charge >= 0.3 is 0 Å². The Labute approximate surface area is 126 Å². The molecular weight excluding hydrogens is 363 g/mol. The smallest absolute Gasteiger partial charge is 0.255 e. The maximum absolute atomic E-state index is 12.5. The molecule has 0 aliphatic carbocycles. The highest BCUT2D eigenvalue weighted by atomic mass is 127. The van der Waals surface area contributed by atoms with E-state index in [1.807, 2.05) is 23.1 Å². The summed E-state index contributed by atoms with van der Waals surface area (Å²) in [6.45, 7) is 5.72. The maximum Gasteiger partial charge on any atom is 0.255 e. The van der Waals surface area contributed by atoms with Crippen molar-refractivity contribution in [2.24, 2.45) is 0 Å². The number of benzene rings is 1. The van der Waals surface area contributed by atoms with Crippen molar-refractivity contribution in [2.45, 2.75) is 25.9 Å². The number of hydrogen-bond donors (Lipinski definition) is 1. The Morgan fingerprint density at radius 1 is 1.50 bits per heavy atom. The summed E-state index contributed by atoms with van der Waals surface area (Å²) in [5.74, 6) is 0.0252. The summed E-state index contributed by atoms with van der Waals surface area (Å²) in [6, 6.07) is 6.04. The number of carbonyl (C=O) groups is 1. The zero-order valence-electron chi connectivity index (χ0n) is 10.4. The van der Waals surface area contributed by atoms with Gasteiger partial charge < -0.3 is 10.2 Å². The van der Waals surface area contributed by atoms with Gasteiger partial charge in [0.2, 0.25) is 0 Å². The Morgan fingerprint density at radius 2 is 2.22 bits per heavy atom. The molecule has 0 bridgehead atoms. The van der Waals surface area contributed by atoms with Gasteiger partial charge in [-0.05, 0) is 54.6 Å². The minimum atomic E-state index is 0.0252. The van der Waals surface area contributed by atoms with Gasteiger partial charge in [0.15, 0.2) is 0 Å². The third-order valence-electron chi connectivity index (χ3n) is 3.46. The summed E-state index contributed by atoms with van der Waals surface area (Å²) < 4.78 is 1.04. The maximum atomic E-state index is 12.5. The Kier molecular flexibility index (Phi) is 4.50. The summed E-state index contributed by atoms with van der Waals surface area (Å²) >= 11 is 8.35. The van der Waals surface area contributed by atoms with E-state index in [1.165, 1.54) is 0 Å². The number of nitrogens with zero attached hydrogens (tertiary/aromatic N) is 1. The van der Waals surface area contributed by atoms with Gasteiger partial charge in [-0.25, -0.2) is 0 Å². The van der Waals surface area contributed by atoms with E-state index < -0.39 is 0 Å². The topological polar surface area (TPSA) is 32.3 Å². The fourth-order valence-corrected chi connectivity index (χ4v) is 3.10. The van der Waals surface area contributed by atoms with Gasteiger partial charge in [0.05, 0.1) is 10.6 Å². The van der Waals surface area contributed by atoms with E-state index in [2.05, 4.69) is 41.8 Å². The molecule has 1 aliphatic rings. The number of piperazine rings is 1. The molecule has 2 unspecified atom stereocenters. The summed E-state index contributed by atoms with van der Waals surface area (Å²) in [6.07, 6.45) is 0. The number of halogens is 2. The van der Waals surface area contributed by atoms with Crippen LogP contribution in [-0.4, -0.2) is 36.0 Å². The van der Waals surface area contributed by atoms with E-state index in [0.29, 0.717) is 16.6 Å². The van der Waals surface area contributed by atoms with Gasteiger partial charge in [0.1, 0.15) is 0 Å². The average molecular weight is 379 g/mol. The molecule has 0 spiro atoms. The van der Waals surface area contributed by atoms with E-state index in [1.54, 1.807) is 0 Å². The first-order chi connectivity index (χ1) is 8.50. The van der Waals surface area contributed by atoms with Crippen LogP contribution in [0.25, 0.3) is 0 Å². The van der Waals surface area contributed by atoms with Crippen molar-refractivity contribution in [3.05, 3.63) is 32.4 Å². The number of nitrogens with one attached hydrogen (secondary N) is 1. The van der Waals surface area contributed by atoms with Gasteiger partial charge in [-0.15, -0.1) is 0 Å². The van der Waals surface area contributed by atoms with E-state index in [0.717, 1.165) is 16.7 Å². The zero-order chi connectivity index (χ0) is 13.3. The van der Waals surface area contributed by atoms with Crippen LogP contribution in [0.3, 0.4) is 0 Å². The van der Waals surface area contributed by atoms with Crippen LogP contribution in [0.4, 0.5) is 0 Å². The molecule has 3 nitrogen and oxygen atoms in total. The van der Waals surface area contributed by atoms with Gasteiger partial charge in [0.25, 0.3) is 5.91 Å². The van der Waals surface area contributed by atoms with Crippen LogP contribution in [-0.2, 0) is 0 Å². The molecule has 0 radical (unpaired) electrons. The molecule has 1 saturated heterocycles. The Bertz CT molecular complexity index is 466. The zero-order valence-corrected chi connectivity index (χ0v) is 13.3. The van der Waals surface area contributed by atoms with Gasteiger partial charge in [0, 0.05) is 28.7 Å². The van der Waals surface area contributed by atoms with Crippen molar-refractivity contribution < 1.29 is 4.79 Å². The summed E-state index contributed by atoms with van der Waals surface area (Å²) in [4.78, 5) is 14.4. The minimum Gasteiger partial charge on any atom is -0.333 e. The lowest BCUT2D eigenvalue weighted by atomic mass is 10.1. The number of rotatable bonds is 1. The van der Waals surface area contributed by atoms with E-state index in [-0.39, 0.29) is 11.9 Å². The molecule has 1 heterocycles. The second kappa shape index (κ2) is 5.75.